The van der Waals surface area contributed by atoms with E-state index in [-0.39, 0.29) is 32.5 Å². The molecule has 212 valence electrons. The molecule has 0 saturated carbocycles. The summed E-state index contributed by atoms with van der Waals surface area (Å²) >= 11 is 1.84. The first kappa shape index (κ1) is 34.0. The number of halogens is 1. The zero-order valence-corrected chi connectivity index (χ0v) is 33.1. The van der Waals surface area contributed by atoms with E-state index in [1.807, 2.05) is 0 Å². The summed E-state index contributed by atoms with van der Waals surface area (Å²) < 4.78 is 3.33. The van der Waals surface area contributed by atoms with Crippen molar-refractivity contribution in [2.75, 3.05) is 0 Å². The standard InChI is InChI=1S/2C18H29.BrH.In/c2*1-16(2,3)13-10-14(17(4,5)6)12-15(11-13)18(7,8)9;;/h2*10-11H,1-9H3;1H;/q;;;+1/p-1. The number of benzene rings is 2. The Bertz CT molecular complexity index is 993. The third-order valence-electron chi connectivity index (χ3n) is 7.83. The van der Waals surface area contributed by atoms with Gasteiger partial charge in [-0.25, -0.2) is 0 Å². The van der Waals surface area contributed by atoms with Gasteiger partial charge in [0.05, 0.1) is 0 Å². The third kappa shape index (κ3) is 7.54. The first-order valence-electron chi connectivity index (χ1n) is 14.6. The van der Waals surface area contributed by atoms with E-state index in [1.54, 1.807) is 28.9 Å². The second-order valence-electron chi connectivity index (χ2n) is 17.8. The van der Waals surface area contributed by atoms with Crippen LogP contribution in [-0.4, -0.2) is 19.1 Å². The fraction of sp³-hybridized carbons (Fsp3) is 0.667. The molecule has 0 unspecified atom stereocenters. The molecule has 38 heavy (non-hydrogen) atoms. The Labute approximate surface area is 251 Å². The van der Waals surface area contributed by atoms with E-state index in [0.717, 1.165) is 0 Å². The number of rotatable bonds is 2. The van der Waals surface area contributed by atoms with Crippen molar-refractivity contribution in [2.24, 2.45) is 0 Å². The molecular weight excluding hydrogens is 627 g/mol. The van der Waals surface area contributed by atoms with Gasteiger partial charge in [0.2, 0.25) is 0 Å². The molecule has 0 radical (unpaired) electrons. The van der Waals surface area contributed by atoms with Gasteiger partial charge in [-0.05, 0) is 0 Å². The van der Waals surface area contributed by atoms with Crippen LogP contribution in [0.25, 0.3) is 0 Å². The molecule has 0 aliphatic heterocycles. The molecule has 2 aromatic carbocycles. The Morgan fingerprint density at radius 1 is 0.368 bits per heavy atom. The zero-order chi connectivity index (χ0) is 30.0. The minimum absolute atomic E-state index is 0.0642. The predicted octanol–water partition coefficient (Wildman–Crippen LogP) is 9.97. The Morgan fingerprint density at radius 3 is 0.684 bits per heavy atom. The van der Waals surface area contributed by atoms with Gasteiger partial charge in [-0.15, -0.1) is 0 Å². The van der Waals surface area contributed by atoms with Crippen molar-refractivity contribution < 1.29 is 0 Å². The summed E-state index contributed by atoms with van der Waals surface area (Å²) in [7, 11) is 0. The van der Waals surface area contributed by atoms with E-state index >= 15 is 0 Å². The molecule has 0 fully saturated rings. The third-order valence-corrected chi connectivity index (χ3v) is 20.4. The van der Waals surface area contributed by atoms with Gasteiger partial charge in [0.25, 0.3) is 0 Å². The average Bonchev–Trinajstić information content (AvgIpc) is 2.67. The van der Waals surface area contributed by atoms with Gasteiger partial charge in [-0.2, -0.15) is 0 Å². The fourth-order valence-corrected chi connectivity index (χ4v) is 21.8. The normalized spacial score (nSPS) is 14.2. The molecule has 0 aliphatic rings. The van der Waals surface area contributed by atoms with Crippen LogP contribution in [0.5, 0.6) is 0 Å². The summed E-state index contributed by atoms with van der Waals surface area (Å²) in [5.41, 5.74) is 9.58. The molecule has 0 heterocycles. The van der Waals surface area contributed by atoms with Gasteiger partial charge in [0, 0.05) is 0 Å². The Kier molecular flexibility index (Phi) is 9.45. The van der Waals surface area contributed by atoms with Crippen molar-refractivity contribution in [3.05, 3.63) is 57.6 Å². The van der Waals surface area contributed by atoms with Crippen LogP contribution >= 0.6 is 12.3 Å². The van der Waals surface area contributed by atoms with E-state index in [1.165, 1.54) is 11.1 Å². The Morgan fingerprint density at radius 2 is 0.553 bits per heavy atom. The zero-order valence-electron chi connectivity index (χ0n) is 28.3. The summed E-state index contributed by atoms with van der Waals surface area (Å²) in [6.07, 6.45) is 0. The molecule has 0 atom stereocenters. The van der Waals surface area contributed by atoms with Crippen LogP contribution in [0.15, 0.2) is 24.3 Å². The van der Waals surface area contributed by atoms with Crippen molar-refractivity contribution in [1.29, 1.82) is 0 Å². The SMILES string of the molecule is CC(C)(C)c1cc(C(C)(C)C)[c]([In]([Br])[c]2c(C(C)(C)C)cc(C(C)(C)C)cc2C(C)(C)C)c(C(C)(C)C)c1. The molecule has 2 aromatic rings. The van der Waals surface area contributed by atoms with Crippen molar-refractivity contribution >= 4 is 38.0 Å². The van der Waals surface area contributed by atoms with E-state index in [9.17, 15) is 0 Å². The molecule has 0 N–H and O–H groups in total. The van der Waals surface area contributed by atoms with Crippen LogP contribution in [0.1, 0.15) is 158 Å². The van der Waals surface area contributed by atoms with Gasteiger partial charge >= 0.3 is 253 Å². The summed E-state index contributed by atoms with van der Waals surface area (Å²) in [4.78, 5) is 0. The van der Waals surface area contributed by atoms with Crippen LogP contribution < -0.4 is 6.64 Å². The average molecular weight is 686 g/mol. The molecule has 0 bridgehead atoms. The van der Waals surface area contributed by atoms with Gasteiger partial charge in [0.1, 0.15) is 0 Å². The molecule has 0 nitrogen and oxygen atoms in total. The first-order valence-corrected chi connectivity index (χ1v) is 25.3. The molecular formula is C36H58BrIn. The molecule has 0 aliphatic carbocycles. The van der Waals surface area contributed by atoms with E-state index in [2.05, 4.69) is 161 Å². The topological polar surface area (TPSA) is 0 Å². The summed E-state index contributed by atoms with van der Waals surface area (Å²) in [6, 6.07) is 10.2. The van der Waals surface area contributed by atoms with Crippen LogP contribution in [0.3, 0.4) is 0 Å². The van der Waals surface area contributed by atoms with Gasteiger partial charge < -0.3 is 0 Å². The maximum absolute atomic E-state index is 4.63. The van der Waals surface area contributed by atoms with E-state index in [4.69, 9.17) is 0 Å². The van der Waals surface area contributed by atoms with Crippen LogP contribution in [-0.2, 0) is 32.5 Å². The van der Waals surface area contributed by atoms with Crippen molar-refractivity contribution in [3.8, 4) is 0 Å². The molecule has 2 rings (SSSR count). The molecule has 0 amide bonds. The summed E-state index contributed by atoms with van der Waals surface area (Å²) in [5, 5.41) is 0. The predicted molar refractivity (Wildman–Crippen MR) is 179 cm³/mol. The monoisotopic (exact) mass is 684 g/mol. The second-order valence-corrected chi connectivity index (χ2v) is 29.3. The maximum atomic E-state index is 4.63. The Hall–Kier alpha value is -0.210. The van der Waals surface area contributed by atoms with Crippen molar-refractivity contribution in [3.63, 3.8) is 0 Å². The molecule has 2 heteroatoms. The molecule has 0 spiro atoms. The molecule has 0 saturated heterocycles. The number of hydrogen-bond acceptors (Lipinski definition) is 0. The van der Waals surface area contributed by atoms with Crippen LogP contribution in [0.2, 0.25) is 0 Å². The number of hydrogen-bond donors (Lipinski definition) is 0. The Balaban J connectivity index is 3.22. The van der Waals surface area contributed by atoms with Crippen molar-refractivity contribution in [1.82, 2.24) is 0 Å². The van der Waals surface area contributed by atoms with Gasteiger partial charge in [-0.1, -0.05) is 0 Å². The quantitative estimate of drug-likeness (QED) is 0.295. The fourth-order valence-electron chi connectivity index (χ4n) is 5.35. The van der Waals surface area contributed by atoms with Crippen LogP contribution in [0.4, 0.5) is 0 Å². The molecule has 0 aromatic heterocycles. The first-order chi connectivity index (χ1) is 16.6. The van der Waals surface area contributed by atoms with Gasteiger partial charge in [0.15, 0.2) is 0 Å². The van der Waals surface area contributed by atoms with E-state index in [0.29, 0.717) is 0 Å². The second kappa shape index (κ2) is 10.6. The van der Waals surface area contributed by atoms with Crippen molar-refractivity contribution in [2.45, 2.75) is 157 Å². The summed E-state index contributed by atoms with van der Waals surface area (Å²) in [5.74, 6) is 0. The summed E-state index contributed by atoms with van der Waals surface area (Å²) in [6.45, 7) is 43.1. The van der Waals surface area contributed by atoms with Gasteiger partial charge in [-0.3, -0.25) is 0 Å². The van der Waals surface area contributed by atoms with Crippen LogP contribution in [0, 0.1) is 0 Å². The minimum atomic E-state index is -2.79. The van der Waals surface area contributed by atoms with E-state index < -0.39 is 19.1 Å².